The number of nitrogens with two attached hydrogens (primary N) is 1. The Kier molecular flexibility index (Phi) is 5.29. The summed E-state index contributed by atoms with van der Waals surface area (Å²) in [6.07, 6.45) is 1.16. The molecule has 1 rings (SSSR count). The fraction of sp³-hybridized carbons (Fsp3) is 0.571. The number of rotatable bonds is 6. The van der Waals surface area contributed by atoms with E-state index in [1.807, 2.05) is 0 Å². The van der Waals surface area contributed by atoms with Crippen molar-refractivity contribution < 1.29 is 0 Å². The molecule has 0 spiro atoms. The third-order valence-electron chi connectivity index (χ3n) is 3.06. The van der Waals surface area contributed by atoms with E-state index in [1.165, 1.54) is 5.69 Å². The summed E-state index contributed by atoms with van der Waals surface area (Å²) in [5.74, 6) is 0. The van der Waals surface area contributed by atoms with Crippen molar-refractivity contribution >= 4 is 11.4 Å². The summed E-state index contributed by atoms with van der Waals surface area (Å²) in [4.78, 5) is 4.57. The first-order chi connectivity index (χ1) is 8.06. The SMILES string of the molecule is CCN(CCCN(C)C)c1cccc(C)c1N. The highest BCUT2D eigenvalue weighted by Gasteiger charge is 2.08. The third kappa shape index (κ3) is 3.93. The molecule has 0 aliphatic carbocycles. The van der Waals surface area contributed by atoms with Gasteiger partial charge in [-0.25, -0.2) is 0 Å². The van der Waals surface area contributed by atoms with Gasteiger partial charge in [-0.1, -0.05) is 12.1 Å². The maximum absolute atomic E-state index is 6.14. The van der Waals surface area contributed by atoms with E-state index in [4.69, 9.17) is 5.73 Å². The van der Waals surface area contributed by atoms with E-state index in [0.717, 1.165) is 37.3 Å². The quantitative estimate of drug-likeness (QED) is 0.768. The number of hydrogen-bond acceptors (Lipinski definition) is 3. The number of nitrogen functional groups attached to an aromatic ring is 1. The fourth-order valence-electron chi connectivity index (χ4n) is 1.97. The normalized spacial score (nSPS) is 10.9. The highest BCUT2D eigenvalue weighted by Crippen LogP contribution is 2.26. The number of para-hydroxylation sites is 1. The minimum absolute atomic E-state index is 0.916. The molecule has 3 nitrogen and oxygen atoms in total. The molecule has 0 unspecified atom stereocenters. The molecular weight excluding hydrogens is 210 g/mol. The zero-order chi connectivity index (χ0) is 12.8. The zero-order valence-corrected chi connectivity index (χ0v) is 11.5. The van der Waals surface area contributed by atoms with E-state index in [2.05, 4.69) is 55.9 Å². The van der Waals surface area contributed by atoms with Crippen molar-refractivity contribution in [2.24, 2.45) is 0 Å². The summed E-state index contributed by atoms with van der Waals surface area (Å²) < 4.78 is 0. The van der Waals surface area contributed by atoms with Gasteiger partial charge in [0.15, 0.2) is 0 Å². The summed E-state index contributed by atoms with van der Waals surface area (Å²) in [5.41, 5.74) is 9.39. The Hall–Kier alpha value is -1.22. The van der Waals surface area contributed by atoms with Crippen LogP contribution in [0.1, 0.15) is 18.9 Å². The predicted octanol–water partition coefficient (Wildman–Crippen LogP) is 2.36. The zero-order valence-electron chi connectivity index (χ0n) is 11.5. The van der Waals surface area contributed by atoms with E-state index in [0.29, 0.717) is 0 Å². The molecule has 0 heterocycles. The molecule has 96 valence electrons. The first kappa shape index (κ1) is 13.8. The Morgan fingerprint density at radius 1 is 1.18 bits per heavy atom. The van der Waals surface area contributed by atoms with Crippen LogP contribution in [0.4, 0.5) is 11.4 Å². The van der Waals surface area contributed by atoms with Gasteiger partial charge in [-0.15, -0.1) is 0 Å². The summed E-state index contributed by atoms with van der Waals surface area (Å²) >= 11 is 0. The molecule has 2 N–H and O–H groups in total. The average Bonchev–Trinajstić information content (AvgIpc) is 2.28. The lowest BCUT2D eigenvalue weighted by atomic mass is 10.1. The Morgan fingerprint density at radius 3 is 2.47 bits per heavy atom. The van der Waals surface area contributed by atoms with Crippen LogP contribution in [0, 0.1) is 6.92 Å². The van der Waals surface area contributed by atoms with Crippen molar-refractivity contribution in [1.82, 2.24) is 4.90 Å². The largest absolute Gasteiger partial charge is 0.397 e. The number of hydrogen-bond donors (Lipinski definition) is 1. The van der Waals surface area contributed by atoms with Gasteiger partial charge in [0, 0.05) is 13.1 Å². The van der Waals surface area contributed by atoms with Gasteiger partial charge in [0.1, 0.15) is 0 Å². The van der Waals surface area contributed by atoms with Gasteiger partial charge in [-0.3, -0.25) is 0 Å². The van der Waals surface area contributed by atoms with E-state index in [1.54, 1.807) is 0 Å². The summed E-state index contributed by atoms with van der Waals surface area (Å²) in [5, 5.41) is 0. The monoisotopic (exact) mass is 235 g/mol. The number of nitrogens with zero attached hydrogens (tertiary/aromatic N) is 2. The van der Waals surface area contributed by atoms with Crippen LogP contribution in [-0.2, 0) is 0 Å². The summed E-state index contributed by atoms with van der Waals surface area (Å²) in [6, 6.07) is 6.25. The van der Waals surface area contributed by atoms with Crippen molar-refractivity contribution in [1.29, 1.82) is 0 Å². The Labute approximate surface area is 105 Å². The lowest BCUT2D eigenvalue weighted by Gasteiger charge is -2.26. The molecular formula is C14H25N3. The molecule has 0 radical (unpaired) electrons. The lowest BCUT2D eigenvalue weighted by Crippen LogP contribution is -2.27. The first-order valence-electron chi connectivity index (χ1n) is 6.31. The van der Waals surface area contributed by atoms with E-state index in [-0.39, 0.29) is 0 Å². The van der Waals surface area contributed by atoms with E-state index in [9.17, 15) is 0 Å². The second kappa shape index (κ2) is 6.50. The van der Waals surface area contributed by atoms with Crippen LogP contribution in [-0.4, -0.2) is 38.6 Å². The van der Waals surface area contributed by atoms with Crippen LogP contribution in [0.5, 0.6) is 0 Å². The molecule has 17 heavy (non-hydrogen) atoms. The van der Waals surface area contributed by atoms with E-state index < -0.39 is 0 Å². The minimum atomic E-state index is 0.916. The molecule has 1 aromatic carbocycles. The third-order valence-corrected chi connectivity index (χ3v) is 3.06. The molecule has 0 aliphatic rings. The Bertz CT molecular complexity index is 347. The van der Waals surface area contributed by atoms with Crippen molar-refractivity contribution in [3.8, 4) is 0 Å². The lowest BCUT2D eigenvalue weighted by molar-refractivity contribution is 0.400. The summed E-state index contributed by atoms with van der Waals surface area (Å²) in [7, 11) is 4.22. The number of anilines is 2. The van der Waals surface area contributed by atoms with Gasteiger partial charge in [0.2, 0.25) is 0 Å². The highest BCUT2D eigenvalue weighted by atomic mass is 15.1. The second-order valence-electron chi connectivity index (χ2n) is 4.74. The average molecular weight is 235 g/mol. The number of aryl methyl sites for hydroxylation is 1. The summed E-state index contributed by atoms with van der Waals surface area (Å²) in [6.45, 7) is 7.41. The molecule has 0 atom stereocenters. The van der Waals surface area contributed by atoms with Crippen molar-refractivity contribution in [3.63, 3.8) is 0 Å². The van der Waals surface area contributed by atoms with Crippen molar-refractivity contribution in [2.75, 3.05) is 44.4 Å². The Morgan fingerprint density at radius 2 is 1.88 bits per heavy atom. The number of benzene rings is 1. The molecule has 0 aliphatic heterocycles. The first-order valence-corrected chi connectivity index (χ1v) is 6.31. The smallest absolute Gasteiger partial charge is 0.0602 e. The molecule has 0 fully saturated rings. The molecule has 0 saturated carbocycles. The maximum atomic E-state index is 6.14. The second-order valence-corrected chi connectivity index (χ2v) is 4.74. The predicted molar refractivity (Wildman–Crippen MR) is 76.6 cm³/mol. The highest BCUT2D eigenvalue weighted by molar-refractivity contribution is 5.70. The van der Waals surface area contributed by atoms with Gasteiger partial charge in [0.25, 0.3) is 0 Å². The van der Waals surface area contributed by atoms with Crippen LogP contribution >= 0.6 is 0 Å². The van der Waals surface area contributed by atoms with E-state index >= 15 is 0 Å². The van der Waals surface area contributed by atoms with Crippen LogP contribution in [0.2, 0.25) is 0 Å². The molecule has 3 heteroatoms. The minimum Gasteiger partial charge on any atom is -0.397 e. The molecule has 1 aromatic rings. The van der Waals surface area contributed by atoms with Gasteiger partial charge in [-0.05, 0) is 52.5 Å². The van der Waals surface area contributed by atoms with Crippen LogP contribution in [0.3, 0.4) is 0 Å². The molecule has 0 saturated heterocycles. The topological polar surface area (TPSA) is 32.5 Å². The van der Waals surface area contributed by atoms with Gasteiger partial charge in [-0.2, -0.15) is 0 Å². The van der Waals surface area contributed by atoms with Gasteiger partial charge in [0.05, 0.1) is 11.4 Å². The standard InChI is InChI=1S/C14H25N3/c1-5-17(11-7-10-16(3)4)13-9-6-8-12(2)14(13)15/h6,8-9H,5,7,10-11,15H2,1-4H3. The van der Waals surface area contributed by atoms with Crippen molar-refractivity contribution in [2.45, 2.75) is 20.3 Å². The molecule has 0 bridgehead atoms. The van der Waals surface area contributed by atoms with Crippen LogP contribution < -0.4 is 10.6 Å². The van der Waals surface area contributed by atoms with Gasteiger partial charge < -0.3 is 15.5 Å². The van der Waals surface area contributed by atoms with Gasteiger partial charge >= 0.3 is 0 Å². The fourth-order valence-corrected chi connectivity index (χ4v) is 1.97. The molecule has 0 amide bonds. The van der Waals surface area contributed by atoms with Crippen molar-refractivity contribution in [3.05, 3.63) is 23.8 Å². The molecule has 0 aromatic heterocycles. The van der Waals surface area contributed by atoms with Crippen LogP contribution in [0.15, 0.2) is 18.2 Å². The Balaban J connectivity index is 2.69. The van der Waals surface area contributed by atoms with Crippen LogP contribution in [0.25, 0.3) is 0 Å². The maximum Gasteiger partial charge on any atom is 0.0602 e.